The first-order valence-corrected chi connectivity index (χ1v) is 14.7. The van der Waals surface area contributed by atoms with Crippen molar-refractivity contribution in [1.29, 1.82) is 0 Å². The summed E-state index contributed by atoms with van der Waals surface area (Å²) in [6.07, 6.45) is 6.52. The van der Waals surface area contributed by atoms with Crippen LogP contribution in [0.3, 0.4) is 0 Å². The second-order valence-corrected chi connectivity index (χ2v) is 11.7. The van der Waals surface area contributed by atoms with Gasteiger partial charge in [-0.15, -0.1) is 0 Å². The van der Waals surface area contributed by atoms with Crippen LogP contribution in [0.2, 0.25) is 0 Å². The summed E-state index contributed by atoms with van der Waals surface area (Å²) < 4.78 is 26.6. The minimum absolute atomic E-state index is 0.187. The average molecular weight is 513 g/mol. The number of rotatable bonds is 9. The third-order valence-corrected chi connectivity index (χ3v) is 8.25. The number of hydrogen-bond acceptors (Lipinski definition) is 3. The molecule has 5 rings (SSSR count). The molecule has 1 aliphatic carbocycles. The third kappa shape index (κ3) is 5.39. The van der Waals surface area contributed by atoms with E-state index in [1.807, 2.05) is 48.5 Å². The van der Waals surface area contributed by atoms with E-state index < -0.39 is 10.0 Å². The molecular weight excluding hydrogens is 480 g/mol. The lowest BCUT2D eigenvalue weighted by Crippen LogP contribution is -2.29. The fraction of sp³-hybridized carbons (Fsp3) is 0.258. The molecule has 0 unspecified atom stereocenters. The quantitative estimate of drug-likeness (QED) is 0.278. The lowest BCUT2D eigenvalue weighted by molar-refractivity contribution is 0.102. The molecule has 0 fully saturated rings. The number of nitrogens with one attached hydrogen (secondary N) is 1. The van der Waals surface area contributed by atoms with Crippen LogP contribution in [0.5, 0.6) is 0 Å². The highest BCUT2D eigenvalue weighted by Crippen LogP contribution is 2.35. The van der Waals surface area contributed by atoms with Crippen LogP contribution in [0.25, 0.3) is 10.8 Å². The highest BCUT2D eigenvalue weighted by Gasteiger charge is 2.19. The average Bonchev–Trinajstić information content (AvgIpc) is 3.32. The number of sulfonamides is 1. The van der Waals surface area contributed by atoms with Crippen molar-refractivity contribution in [3.05, 3.63) is 107 Å². The maximum Gasteiger partial charge on any atom is 0.255 e. The summed E-state index contributed by atoms with van der Waals surface area (Å²) in [6.45, 7) is 2.35. The van der Waals surface area contributed by atoms with Gasteiger partial charge in [0.15, 0.2) is 0 Å². The van der Waals surface area contributed by atoms with Gasteiger partial charge in [0.25, 0.3) is 5.91 Å². The Bertz CT molecular complexity index is 1530. The van der Waals surface area contributed by atoms with Crippen LogP contribution in [-0.4, -0.2) is 20.6 Å². The maximum absolute atomic E-state index is 13.0. The van der Waals surface area contributed by atoms with E-state index in [9.17, 15) is 13.2 Å². The Hall–Kier alpha value is -3.64. The van der Waals surface area contributed by atoms with Gasteiger partial charge in [0.05, 0.1) is 18.5 Å². The van der Waals surface area contributed by atoms with E-state index in [0.717, 1.165) is 48.7 Å². The summed E-state index contributed by atoms with van der Waals surface area (Å²) in [5.41, 5.74) is 6.65. The number of aryl methyl sites for hydroxylation is 3. The minimum atomic E-state index is -3.48. The molecule has 0 spiro atoms. The van der Waals surface area contributed by atoms with Gasteiger partial charge >= 0.3 is 0 Å². The van der Waals surface area contributed by atoms with Crippen molar-refractivity contribution in [2.75, 3.05) is 15.9 Å². The van der Waals surface area contributed by atoms with Crippen molar-refractivity contribution in [3.8, 4) is 0 Å². The predicted octanol–water partition coefficient (Wildman–Crippen LogP) is 6.50. The number of amides is 1. The molecule has 0 radical (unpaired) electrons. The molecule has 0 heterocycles. The fourth-order valence-electron chi connectivity index (χ4n) is 5.09. The predicted molar refractivity (Wildman–Crippen MR) is 152 cm³/mol. The van der Waals surface area contributed by atoms with Crippen LogP contribution in [-0.2, 0) is 35.8 Å². The summed E-state index contributed by atoms with van der Waals surface area (Å²) >= 11 is 0. The first-order valence-electron chi connectivity index (χ1n) is 12.8. The number of hydrogen-bond donors (Lipinski definition) is 1. The molecule has 1 amide bonds. The van der Waals surface area contributed by atoms with Gasteiger partial charge in [-0.3, -0.25) is 9.10 Å². The Morgan fingerprint density at radius 3 is 2.22 bits per heavy atom. The van der Waals surface area contributed by atoms with Gasteiger partial charge < -0.3 is 5.32 Å². The first kappa shape index (κ1) is 25.0. The van der Waals surface area contributed by atoms with Crippen LogP contribution in [0.4, 0.5) is 11.4 Å². The Labute approximate surface area is 219 Å². The first-order chi connectivity index (χ1) is 17.8. The van der Waals surface area contributed by atoms with Crippen molar-refractivity contribution >= 4 is 38.1 Å². The molecule has 0 aliphatic heterocycles. The monoisotopic (exact) mass is 512 g/mol. The number of carbonyl (C=O) groups is 1. The SMILES string of the molecule is CCCCc1ccc(N(Cc2ccc(C(=O)Nc3ccc4c5c(cccc35)CC4)cc2)S(C)(=O)=O)cc1. The maximum atomic E-state index is 13.0. The van der Waals surface area contributed by atoms with Gasteiger partial charge in [0.1, 0.15) is 0 Å². The number of nitrogens with zero attached hydrogens (tertiary/aromatic N) is 1. The van der Waals surface area contributed by atoms with Crippen LogP contribution in [0.1, 0.15) is 52.4 Å². The van der Waals surface area contributed by atoms with E-state index in [2.05, 4.69) is 30.4 Å². The van der Waals surface area contributed by atoms with Gasteiger partial charge in [-0.1, -0.05) is 61.9 Å². The van der Waals surface area contributed by atoms with Crippen molar-refractivity contribution in [1.82, 2.24) is 0 Å². The smallest absolute Gasteiger partial charge is 0.255 e. The minimum Gasteiger partial charge on any atom is -0.321 e. The molecule has 0 saturated carbocycles. The van der Waals surface area contributed by atoms with Gasteiger partial charge in [-0.25, -0.2) is 8.42 Å². The van der Waals surface area contributed by atoms with Gasteiger partial charge in [-0.05, 0) is 83.7 Å². The second-order valence-electron chi connectivity index (χ2n) is 9.80. The largest absolute Gasteiger partial charge is 0.321 e. The zero-order chi connectivity index (χ0) is 26.0. The summed E-state index contributed by atoms with van der Waals surface area (Å²) in [7, 11) is -3.48. The lowest BCUT2D eigenvalue weighted by Gasteiger charge is -2.23. The topological polar surface area (TPSA) is 66.5 Å². The molecule has 6 heteroatoms. The van der Waals surface area contributed by atoms with Crippen molar-refractivity contribution < 1.29 is 13.2 Å². The standard InChI is InChI=1S/C31H32N2O3S/c1-3-4-6-22-11-18-27(19-12-22)33(37(2,35)36)21-23-9-13-26(14-10-23)31(34)32-29-20-17-25-16-15-24-7-5-8-28(29)30(24)25/h5,7-14,17-20H,3-4,6,15-16,21H2,1-2H3,(H,32,34). The molecule has 0 atom stereocenters. The van der Waals surface area contributed by atoms with E-state index in [1.54, 1.807) is 12.1 Å². The second kappa shape index (κ2) is 10.4. The summed E-state index contributed by atoms with van der Waals surface area (Å²) in [5, 5.41) is 5.40. The number of benzene rings is 4. The molecule has 1 aliphatic rings. The lowest BCUT2D eigenvalue weighted by atomic mass is 10.0. The van der Waals surface area contributed by atoms with E-state index >= 15 is 0 Å². The molecule has 4 aromatic rings. The number of carbonyl (C=O) groups excluding carboxylic acids is 1. The molecular formula is C31H32N2O3S. The van der Waals surface area contributed by atoms with Gasteiger partial charge in [-0.2, -0.15) is 0 Å². The number of unbranched alkanes of at least 4 members (excludes halogenated alkanes) is 1. The van der Waals surface area contributed by atoms with Crippen molar-refractivity contribution in [2.45, 2.75) is 45.6 Å². The van der Waals surface area contributed by atoms with Crippen LogP contribution < -0.4 is 9.62 Å². The molecule has 4 aromatic carbocycles. The zero-order valence-corrected chi connectivity index (χ0v) is 22.1. The highest BCUT2D eigenvalue weighted by molar-refractivity contribution is 7.92. The fourth-order valence-corrected chi connectivity index (χ4v) is 5.98. The third-order valence-electron chi connectivity index (χ3n) is 7.11. The van der Waals surface area contributed by atoms with Gasteiger partial charge in [0, 0.05) is 16.6 Å². The Balaban J connectivity index is 1.32. The van der Waals surface area contributed by atoms with Crippen LogP contribution in [0, 0.1) is 0 Å². The van der Waals surface area contributed by atoms with E-state index in [1.165, 1.54) is 32.6 Å². The zero-order valence-electron chi connectivity index (χ0n) is 21.3. The number of anilines is 2. The normalized spacial score (nSPS) is 12.6. The van der Waals surface area contributed by atoms with E-state index in [0.29, 0.717) is 11.3 Å². The Kier molecular flexibility index (Phi) is 7.02. The van der Waals surface area contributed by atoms with Crippen LogP contribution in [0.15, 0.2) is 78.9 Å². The molecule has 1 N–H and O–H groups in total. The molecule has 5 nitrogen and oxygen atoms in total. The molecule has 0 aromatic heterocycles. The van der Waals surface area contributed by atoms with Gasteiger partial charge in [0.2, 0.25) is 10.0 Å². The summed E-state index contributed by atoms with van der Waals surface area (Å²) in [4.78, 5) is 13.0. The van der Waals surface area contributed by atoms with Crippen molar-refractivity contribution in [2.24, 2.45) is 0 Å². The summed E-state index contributed by atoms with van der Waals surface area (Å²) in [6, 6.07) is 25.2. The molecule has 37 heavy (non-hydrogen) atoms. The molecule has 190 valence electrons. The van der Waals surface area contributed by atoms with E-state index in [4.69, 9.17) is 0 Å². The van der Waals surface area contributed by atoms with Crippen molar-refractivity contribution in [3.63, 3.8) is 0 Å². The summed E-state index contributed by atoms with van der Waals surface area (Å²) in [5.74, 6) is -0.187. The van der Waals surface area contributed by atoms with E-state index in [-0.39, 0.29) is 12.5 Å². The van der Waals surface area contributed by atoms with Crippen LogP contribution >= 0.6 is 0 Å². The highest BCUT2D eigenvalue weighted by atomic mass is 32.2. The molecule has 0 saturated heterocycles. The Morgan fingerprint density at radius 1 is 0.865 bits per heavy atom. The molecule has 0 bridgehead atoms. The Morgan fingerprint density at radius 2 is 1.54 bits per heavy atom.